The molecule has 1 aliphatic heterocycles. The molecule has 0 aliphatic carbocycles. The lowest BCUT2D eigenvalue weighted by molar-refractivity contribution is 0.922. The van der Waals surface area contributed by atoms with Gasteiger partial charge in [-0.25, -0.2) is 0 Å². The predicted octanol–water partition coefficient (Wildman–Crippen LogP) is 3.97. The lowest BCUT2D eigenvalue weighted by atomic mass is 10.2. The van der Waals surface area contributed by atoms with E-state index >= 15 is 0 Å². The predicted molar refractivity (Wildman–Crippen MR) is 81.3 cm³/mol. The summed E-state index contributed by atoms with van der Waals surface area (Å²) in [5, 5.41) is 6.70. The molecule has 0 spiro atoms. The molecule has 0 amide bonds. The summed E-state index contributed by atoms with van der Waals surface area (Å²) in [6, 6.07) is 20.6. The van der Waals surface area contributed by atoms with Gasteiger partial charge in [-0.15, -0.1) is 0 Å². The number of benzene rings is 2. The average Bonchev–Trinajstić information content (AvgIpc) is 2.96. The SMILES string of the molecule is C(=C\c1ccccc1)/C1=NN(c2ccccc2)CC1. The van der Waals surface area contributed by atoms with Crippen LogP contribution in [0.2, 0.25) is 0 Å². The van der Waals surface area contributed by atoms with Gasteiger partial charge < -0.3 is 0 Å². The molecule has 2 aromatic rings. The highest BCUT2D eigenvalue weighted by Crippen LogP contribution is 2.19. The molecule has 2 nitrogen and oxygen atoms in total. The van der Waals surface area contributed by atoms with Crippen molar-refractivity contribution in [2.45, 2.75) is 6.42 Å². The van der Waals surface area contributed by atoms with Crippen molar-refractivity contribution in [3.05, 3.63) is 72.3 Å². The Hall–Kier alpha value is -2.35. The van der Waals surface area contributed by atoms with E-state index in [1.807, 2.05) is 36.4 Å². The molecule has 0 unspecified atom stereocenters. The molecule has 0 aromatic heterocycles. The maximum absolute atomic E-state index is 4.64. The first-order valence-electron chi connectivity index (χ1n) is 6.55. The van der Waals surface area contributed by atoms with Gasteiger partial charge in [0.15, 0.2) is 0 Å². The molecule has 2 heteroatoms. The number of para-hydroxylation sites is 1. The molecule has 0 bridgehead atoms. The number of hydrogen-bond acceptors (Lipinski definition) is 2. The highest BCUT2D eigenvalue weighted by atomic mass is 15.5. The molecule has 19 heavy (non-hydrogen) atoms. The van der Waals surface area contributed by atoms with Crippen LogP contribution in [0, 0.1) is 0 Å². The van der Waals surface area contributed by atoms with Gasteiger partial charge >= 0.3 is 0 Å². The number of nitrogens with zero attached hydrogens (tertiary/aromatic N) is 2. The van der Waals surface area contributed by atoms with Gasteiger partial charge in [0.25, 0.3) is 0 Å². The molecule has 2 aromatic carbocycles. The van der Waals surface area contributed by atoms with Gasteiger partial charge in [-0.1, -0.05) is 54.6 Å². The second-order valence-corrected chi connectivity index (χ2v) is 4.54. The summed E-state index contributed by atoms with van der Waals surface area (Å²) in [7, 11) is 0. The lowest BCUT2D eigenvalue weighted by Crippen LogP contribution is -2.11. The first kappa shape index (κ1) is 11.7. The Morgan fingerprint density at radius 2 is 1.53 bits per heavy atom. The largest absolute Gasteiger partial charge is 0.265 e. The van der Waals surface area contributed by atoms with Crippen molar-refractivity contribution in [2.24, 2.45) is 5.10 Å². The van der Waals surface area contributed by atoms with E-state index in [2.05, 4.69) is 46.5 Å². The second-order valence-electron chi connectivity index (χ2n) is 4.54. The Balaban J connectivity index is 1.72. The van der Waals surface area contributed by atoms with Crippen LogP contribution in [0.15, 0.2) is 71.8 Å². The van der Waals surface area contributed by atoms with E-state index in [1.54, 1.807) is 0 Å². The highest BCUT2D eigenvalue weighted by molar-refractivity contribution is 6.00. The number of allylic oxidation sites excluding steroid dienone is 1. The zero-order valence-electron chi connectivity index (χ0n) is 10.7. The molecule has 94 valence electrons. The normalized spacial score (nSPS) is 14.9. The van der Waals surface area contributed by atoms with E-state index < -0.39 is 0 Å². The van der Waals surface area contributed by atoms with E-state index in [0.29, 0.717) is 0 Å². The number of hydrogen-bond donors (Lipinski definition) is 0. The third kappa shape index (κ3) is 2.91. The van der Waals surface area contributed by atoms with Gasteiger partial charge in [0.1, 0.15) is 0 Å². The Kier molecular flexibility index (Phi) is 3.41. The van der Waals surface area contributed by atoms with Crippen LogP contribution in [-0.4, -0.2) is 12.3 Å². The van der Waals surface area contributed by atoms with E-state index in [9.17, 15) is 0 Å². The number of rotatable bonds is 3. The van der Waals surface area contributed by atoms with Crippen molar-refractivity contribution in [3.63, 3.8) is 0 Å². The van der Waals surface area contributed by atoms with E-state index in [-0.39, 0.29) is 0 Å². The standard InChI is InChI=1S/C17H16N2/c1-3-7-15(8-4-1)11-12-16-13-14-19(18-16)17-9-5-2-6-10-17/h1-12H,13-14H2/b12-11+. The van der Waals surface area contributed by atoms with Crippen LogP contribution < -0.4 is 5.01 Å². The number of anilines is 1. The van der Waals surface area contributed by atoms with Crippen LogP contribution in [0.4, 0.5) is 5.69 Å². The van der Waals surface area contributed by atoms with Crippen LogP contribution in [0.1, 0.15) is 12.0 Å². The monoisotopic (exact) mass is 248 g/mol. The fourth-order valence-corrected chi connectivity index (χ4v) is 2.14. The summed E-state index contributed by atoms with van der Waals surface area (Å²) in [5.41, 5.74) is 3.50. The van der Waals surface area contributed by atoms with E-state index in [0.717, 1.165) is 24.4 Å². The van der Waals surface area contributed by atoms with Crippen molar-refractivity contribution in [3.8, 4) is 0 Å². The molecule has 1 aliphatic rings. The molecule has 0 saturated heterocycles. The zero-order chi connectivity index (χ0) is 12.9. The van der Waals surface area contributed by atoms with Crippen molar-refractivity contribution in [2.75, 3.05) is 11.6 Å². The minimum Gasteiger partial charge on any atom is -0.265 e. The van der Waals surface area contributed by atoms with Gasteiger partial charge in [0, 0.05) is 13.0 Å². The molecular weight excluding hydrogens is 232 g/mol. The summed E-state index contributed by atoms with van der Waals surface area (Å²) in [6.07, 6.45) is 5.23. The molecule has 1 heterocycles. The summed E-state index contributed by atoms with van der Waals surface area (Å²) in [6.45, 7) is 0.957. The zero-order valence-corrected chi connectivity index (χ0v) is 10.7. The Morgan fingerprint density at radius 1 is 0.842 bits per heavy atom. The first-order valence-corrected chi connectivity index (χ1v) is 6.55. The van der Waals surface area contributed by atoms with Crippen LogP contribution in [0.25, 0.3) is 6.08 Å². The summed E-state index contributed by atoms with van der Waals surface area (Å²) >= 11 is 0. The van der Waals surface area contributed by atoms with Crippen molar-refractivity contribution in [1.29, 1.82) is 0 Å². The van der Waals surface area contributed by atoms with Crippen LogP contribution in [0.3, 0.4) is 0 Å². The topological polar surface area (TPSA) is 15.6 Å². The van der Waals surface area contributed by atoms with Crippen LogP contribution in [-0.2, 0) is 0 Å². The van der Waals surface area contributed by atoms with E-state index in [4.69, 9.17) is 0 Å². The maximum Gasteiger partial charge on any atom is 0.0628 e. The van der Waals surface area contributed by atoms with Gasteiger partial charge in [-0.05, 0) is 23.8 Å². The number of hydrazone groups is 1. The van der Waals surface area contributed by atoms with Gasteiger partial charge in [-0.2, -0.15) is 5.10 Å². The molecule has 3 rings (SSSR count). The fraction of sp³-hybridized carbons (Fsp3) is 0.118. The van der Waals surface area contributed by atoms with Crippen molar-refractivity contribution >= 4 is 17.5 Å². The third-order valence-electron chi connectivity index (χ3n) is 3.15. The Morgan fingerprint density at radius 3 is 2.26 bits per heavy atom. The van der Waals surface area contributed by atoms with E-state index in [1.165, 1.54) is 5.56 Å². The Labute approximate surface area is 113 Å². The molecule has 0 saturated carbocycles. The minimum absolute atomic E-state index is 0.957. The van der Waals surface area contributed by atoms with Crippen LogP contribution in [0.5, 0.6) is 0 Å². The minimum atomic E-state index is 0.957. The molecular formula is C17H16N2. The molecule has 0 N–H and O–H groups in total. The quantitative estimate of drug-likeness (QED) is 0.802. The molecule has 0 atom stereocenters. The molecule has 0 radical (unpaired) electrons. The van der Waals surface area contributed by atoms with Gasteiger partial charge in [-0.3, -0.25) is 5.01 Å². The summed E-state index contributed by atoms with van der Waals surface area (Å²) < 4.78 is 0. The third-order valence-corrected chi connectivity index (χ3v) is 3.15. The highest BCUT2D eigenvalue weighted by Gasteiger charge is 2.13. The summed E-state index contributed by atoms with van der Waals surface area (Å²) in [5.74, 6) is 0. The van der Waals surface area contributed by atoms with Crippen molar-refractivity contribution in [1.82, 2.24) is 0 Å². The first-order chi connectivity index (χ1) is 9.42. The maximum atomic E-state index is 4.64. The Bertz CT molecular complexity index is 585. The summed E-state index contributed by atoms with van der Waals surface area (Å²) in [4.78, 5) is 0. The fourth-order valence-electron chi connectivity index (χ4n) is 2.14. The second kappa shape index (κ2) is 5.53. The lowest BCUT2D eigenvalue weighted by Gasteiger charge is -2.12. The van der Waals surface area contributed by atoms with Gasteiger partial charge in [0.2, 0.25) is 0 Å². The van der Waals surface area contributed by atoms with Crippen LogP contribution >= 0.6 is 0 Å². The molecule has 0 fully saturated rings. The average molecular weight is 248 g/mol. The van der Waals surface area contributed by atoms with Crippen molar-refractivity contribution < 1.29 is 0 Å². The van der Waals surface area contributed by atoms with Gasteiger partial charge in [0.05, 0.1) is 11.4 Å². The smallest absolute Gasteiger partial charge is 0.0628 e.